The van der Waals surface area contributed by atoms with Gasteiger partial charge in [-0.15, -0.1) is 0 Å². The third kappa shape index (κ3) is 9.06. The molecule has 0 aliphatic heterocycles. The Morgan fingerprint density at radius 1 is 1.35 bits per heavy atom. The Morgan fingerprint density at radius 2 is 1.94 bits per heavy atom. The standard InChI is InChI=1S/C12H25N3OS/c1-9(2)7-14-12(16)8-15(10(3)4)6-5-11(13)17/h9-10H,5-8H2,1-4H3,(H2,13,17)(H,14,16). The molecule has 100 valence electrons. The van der Waals surface area contributed by atoms with Crippen molar-refractivity contribution in [2.45, 2.75) is 40.2 Å². The van der Waals surface area contributed by atoms with Crippen molar-refractivity contribution >= 4 is 23.1 Å². The first-order valence-electron chi connectivity index (χ1n) is 6.12. The van der Waals surface area contributed by atoms with Crippen LogP contribution in [-0.2, 0) is 4.79 Å². The van der Waals surface area contributed by atoms with E-state index in [9.17, 15) is 4.79 Å². The average molecular weight is 259 g/mol. The molecule has 0 aliphatic carbocycles. The number of amides is 1. The fourth-order valence-electron chi connectivity index (χ4n) is 1.33. The van der Waals surface area contributed by atoms with Crippen molar-refractivity contribution in [3.8, 4) is 0 Å². The van der Waals surface area contributed by atoms with Crippen LogP contribution in [0.4, 0.5) is 0 Å². The second kappa shape index (κ2) is 8.42. The zero-order chi connectivity index (χ0) is 13.4. The molecule has 0 saturated heterocycles. The quantitative estimate of drug-likeness (QED) is 0.642. The van der Waals surface area contributed by atoms with Crippen LogP contribution < -0.4 is 11.1 Å². The second-order valence-electron chi connectivity index (χ2n) is 4.98. The molecule has 0 aromatic carbocycles. The summed E-state index contributed by atoms with van der Waals surface area (Å²) in [5, 5.41) is 2.91. The van der Waals surface area contributed by atoms with Gasteiger partial charge in [-0.1, -0.05) is 26.1 Å². The van der Waals surface area contributed by atoms with Crippen LogP contribution in [0.25, 0.3) is 0 Å². The molecule has 0 bridgehead atoms. The summed E-state index contributed by atoms with van der Waals surface area (Å²) < 4.78 is 0. The van der Waals surface area contributed by atoms with Crippen molar-refractivity contribution in [2.75, 3.05) is 19.6 Å². The Hall–Kier alpha value is -0.680. The van der Waals surface area contributed by atoms with Gasteiger partial charge in [0.1, 0.15) is 0 Å². The molecular formula is C12H25N3OS. The van der Waals surface area contributed by atoms with Gasteiger partial charge in [0.15, 0.2) is 0 Å². The lowest BCUT2D eigenvalue weighted by molar-refractivity contribution is -0.122. The highest BCUT2D eigenvalue weighted by molar-refractivity contribution is 7.80. The van der Waals surface area contributed by atoms with Crippen molar-refractivity contribution in [1.29, 1.82) is 0 Å². The fourth-order valence-corrected chi connectivity index (χ4v) is 1.42. The first-order valence-corrected chi connectivity index (χ1v) is 6.52. The maximum atomic E-state index is 11.7. The molecule has 0 saturated carbocycles. The monoisotopic (exact) mass is 259 g/mol. The lowest BCUT2D eigenvalue weighted by Crippen LogP contribution is -2.42. The van der Waals surface area contributed by atoms with E-state index in [0.29, 0.717) is 29.9 Å². The minimum Gasteiger partial charge on any atom is -0.393 e. The predicted molar refractivity (Wildman–Crippen MR) is 76.0 cm³/mol. The lowest BCUT2D eigenvalue weighted by Gasteiger charge is -2.25. The van der Waals surface area contributed by atoms with Crippen LogP contribution in [-0.4, -0.2) is 41.5 Å². The molecule has 0 aromatic rings. The van der Waals surface area contributed by atoms with Gasteiger partial charge in [0.25, 0.3) is 0 Å². The smallest absolute Gasteiger partial charge is 0.234 e. The molecule has 0 spiro atoms. The van der Waals surface area contributed by atoms with Gasteiger partial charge < -0.3 is 11.1 Å². The van der Waals surface area contributed by atoms with Gasteiger partial charge in [-0.25, -0.2) is 0 Å². The molecule has 1 amide bonds. The molecule has 17 heavy (non-hydrogen) atoms. The molecule has 0 aliphatic rings. The van der Waals surface area contributed by atoms with Crippen molar-refractivity contribution in [3.05, 3.63) is 0 Å². The summed E-state index contributed by atoms with van der Waals surface area (Å²) in [5.74, 6) is 0.540. The van der Waals surface area contributed by atoms with Crippen LogP contribution in [0.5, 0.6) is 0 Å². The van der Waals surface area contributed by atoms with E-state index in [4.69, 9.17) is 18.0 Å². The highest BCUT2D eigenvalue weighted by atomic mass is 32.1. The summed E-state index contributed by atoms with van der Waals surface area (Å²) in [6, 6.07) is 0.314. The SMILES string of the molecule is CC(C)CNC(=O)CN(CCC(N)=S)C(C)C. The Bertz CT molecular complexity index is 254. The molecule has 0 radical (unpaired) electrons. The molecule has 0 fully saturated rings. The maximum absolute atomic E-state index is 11.7. The van der Waals surface area contributed by atoms with Crippen LogP contribution >= 0.6 is 12.2 Å². The topological polar surface area (TPSA) is 58.4 Å². The predicted octanol–water partition coefficient (Wildman–Crippen LogP) is 1.15. The van der Waals surface area contributed by atoms with Gasteiger partial charge in [0, 0.05) is 25.6 Å². The number of nitrogens with zero attached hydrogens (tertiary/aromatic N) is 1. The van der Waals surface area contributed by atoms with Crippen LogP contribution in [0.3, 0.4) is 0 Å². The first kappa shape index (κ1) is 16.3. The van der Waals surface area contributed by atoms with Gasteiger partial charge in [-0.3, -0.25) is 9.69 Å². The fraction of sp³-hybridized carbons (Fsp3) is 0.833. The highest BCUT2D eigenvalue weighted by Gasteiger charge is 2.14. The number of carbonyl (C=O) groups excluding carboxylic acids is 1. The van der Waals surface area contributed by atoms with E-state index in [1.807, 2.05) is 0 Å². The molecule has 4 nitrogen and oxygen atoms in total. The molecule has 5 heteroatoms. The van der Waals surface area contributed by atoms with Gasteiger partial charge in [-0.2, -0.15) is 0 Å². The van der Waals surface area contributed by atoms with Gasteiger partial charge in [-0.05, 0) is 19.8 Å². The number of hydrogen-bond acceptors (Lipinski definition) is 3. The normalized spacial score (nSPS) is 11.2. The highest BCUT2D eigenvalue weighted by Crippen LogP contribution is 2.00. The zero-order valence-corrected chi connectivity index (χ0v) is 12.1. The first-order chi connectivity index (χ1) is 7.82. The second-order valence-corrected chi connectivity index (χ2v) is 5.50. The summed E-state index contributed by atoms with van der Waals surface area (Å²) >= 11 is 4.85. The number of nitrogens with two attached hydrogens (primary N) is 1. The molecule has 0 unspecified atom stereocenters. The Labute approximate surface area is 110 Å². The molecule has 0 rings (SSSR count). The van der Waals surface area contributed by atoms with Gasteiger partial charge >= 0.3 is 0 Å². The van der Waals surface area contributed by atoms with E-state index in [2.05, 4.69) is 37.9 Å². The van der Waals surface area contributed by atoms with Crippen molar-refractivity contribution in [2.24, 2.45) is 11.7 Å². The van der Waals surface area contributed by atoms with Gasteiger partial charge in [0.2, 0.25) is 5.91 Å². The van der Waals surface area contributed by atoms with E-state index in [1.54, 1.807) is 0 Å². The summed E-state index contributed by atoms with van der Waals surface area (Å²) in [6.07, 6.45) is 0.658. The Balaban J connectivity index is 4.06. The minimum absolute atomic E-state index is 0.0651. The van der Waals surface area contributed by atoms with E-state index >= 15 is 0 Å². The van der Waals surface area contributed by atoms with E-state index in [-0.39, 0.29) is 5.91 Å². The van der Waals surface area contributed by atoms with Crippen LogP contribution in [0.1, 0.15) is 34.1 Å². The van der Waals surface area contributed by atoms with Crippen molar-refractivity contribution in [1.82, 2.24) is 10.2 Å². The average Bonchev–Trinajstić information content (AvgIpc) is 2.20. The Morgan fingerprint density at radius 3 is 2.35 bits per heavy atom. The van der Waals surface area contributed by atoms with E-state index in [0.717, 1.165) is 13.1 Å². The van der Waals surface area contributed by atoms with Crippen molar-refractivity contribution < 1.29 is 4.79 Å². The van der Waals surface area contributed by atoms with Crippen molar-refractivity contribution in [3.63, 3.8) is 0 Å². The van der Waals surface area contributed by atoms with Crippen LogP contribution in [0, 0.1) is 5.92 Å². The summed E-state index contributed by atoms with van der Waals surface area (Å²) in [4.78, 5) is 14.3. The molecule has 0 aromatic heterocycles. The molecule has 0 atom stereocenters. The number of hydrogen-bond donors (Lipinski definition) is 2. The number of carbonyl (C=O) groups is 1. The summed E-state index contributed by atoms with van der Waals surface area (Å²) in [7, 11) is 0. The molecule has 3 N–H and O–H groups in total. The van der Waals surface area contributed by atoms with Gasteiger partial charge in [0.05, 0.1) is 11.5 Å². The molecular weight excluding hydrogens is 234 g/mol. The number of rotatable bonds is 8. The number of thiocarbonyl (C=S) groups is 1. The third-order valence-electron chi connectivity index (χ3n) is 2.43. The Kier molecular flexibility index (Phi) is 8.08. The number of nitrogens with one attached hydrogen (secondary N) is 1. The third-order valence-corrected chi connectivity index (χ3v) is 2.63. The molecule has 0 heterocycles. The van der Waals surface area contributed by atoms with Crippen LogP contribution in [0.2, 0.25) is 0 Å². The zero-order valence-electron chi connectivity index (χ0n) is 11.3. The van der Waals surface area contributed by atoms with E-state index in [1.165, 1.54) is 0 Å². The van der Waals surface area contributed by atoms with E-state index < -0.39 is 0 Å². The summed E-state index contributed by atoms with van der Waals surface area (Å²) in [6.45, 7) is 10.2. The lowest BCUT2D eigenvalue weighted by atomic mass is 10.2. The summed E-state index contributed by atoms with van der Waals surface area (Å²) in [5.41, 5.74) is 5.47. The minimum atomic E-state index is 0.0651. The largest absolute Gasteiger partial charge is 0.393 e. The maximum Gasteiger partial charge on any atom is 0.234 e. The van der Waals surface area contributed by atoms with Crippen LogP contribution in [0.15, 0.2) is 0 Å².